The minimum absolute atomic E-state index is 0.0187. The van der Waals surface area contributed by atoms with E-state index in [1.807, 2.05) is 0 Å². The molecule has 27 heavy (non-hydrogen) atoms. The third-order valence-electron chi connectivity index (χ3n) is 3.70. The summed E-state index contributed by atoms with van der Waals surface area (Å²) in [5.74, 6) is -1.19. The highest BCUT2D eigenvalue weighted by molar-refractivity contribution is 6.33. The van der Waals surface area contributed by atoms with Crippen molar-refractivity contribution in [3.05, 3.63) is 63.3 Å². The second-order valence-corrected chi connectivity index (χ2v) is 6.35. The van der Waals surface area contributed by atoms with Crippen molar-refractivity contribution < 1.29 is 22.4 Å². The highest BCUT2D eigenvalue weighted by Gasteiger charge is 2.32. The molecule has 5 nitrogen and oxygen atoms in total. The van der Waals surface area contributed by atoms with Crippen molar-refractivity contribution in [2.24, 2.45) is 0 Å². The molecule has 0 saturated carbocycles. The molecule has 1 aromatic carbocycles. The predicted octanol–water partition coefficient (Wildman–Crippen LogP) is 4.05. The zero-order valence-electron chi connectivity index (χ0n) is 13.3. The average Bonchev–Trinajstić information content (AvgIpc) is 2.99. The van der Waals surface area contributed by atoms with E-state index in [1.54, 1.807) is 0 Å². The molecule has 11 heteroatoms. The minimum Gasteiger partial charge on any atom is -0.348 e. The number of carbonyl (C=O) groups excluding carboxylic acids is 1. The van der Waals surface area contributed by atoms with Gasteiger partial charge in [-0.15, -0.1) is 10.2 Å². The third kappa shape index (κ3) is 4.14. The Morgan fingerprint density at radius 2 is 1.93 bits per heavy atom. The Morgan fingerprint density at radius 3 is 2.59 bits per heavy atom. The quantitative estimate of drug-likeness (QED) is 0.647. The van der Waals surface area contributed by atoms with E-state index in [0.29, 0.717) is 0 Å². The van der Waals surface area contributed by atoms with Crippen molar-refractivity contribution in [2.75, 3.05) is 0 Å². The van der Waals surface area contributed by atoms with Gasteiger partial charge in [-0.2, -0.15) is 13.2 Å². The molecule has 0 saturated heterocycles. The lowest BCUT2D eigenvalue weighted by atomic mass is 10.1. The van der Waals surface area contributed by atoms with Crippen LogP contribution in [0.2, 0.25) is 10.0 Å². The lowest BCUT2D eigenvalue weighted by molar-refractivity contribution is -0.137. The molecule has 3 aromatic rings. The summed E-state index contributed by atoms with van der Waals surface area (Å²) in [6.07, 6.45) is -4.16. The van der Waals surface area contributed by atoms with Gasteiger partial charge in [0.25, 0.3) is 0 Å². The average molecular weight is 421 g/mol. The zero-order valence-corrected chi connectivity index (χ0v) is 14.8. The Hall–Kier alpha value is -2.39. The van der Waals surface area contributed by atoms with E-state index < -0.39 is 23.5 Å². The van der Waals surface area contributed by atoms with Crippen LogP contribution in [-0.2, 0) is 23.9 Å². The van der Waals surface area contributed by atoms with E-state index in [4.69, 9.17) is 23.2 Å². The Bertz CT molecular complexity index is 999. The van der Waals surface area contributed by atoms with E-state index in [2.05, 4.69) is 15.5 Å². The summed E-state index contributed by atoms with van der Waals surface area (Å²) in [5, 5.41) is 9.77. The summed E-state index contributed by atoms with van der Waals surface area (Å²) < 4.78 is 53.6. The molecule has 0 unspecified atom stereocenters. The van der Waals surface area contributed by atoms with Gasteiger partial charge in [-0.05, 0) is 18.2 Å². The maximum Gasteiger partial charge on any atom is 0.417 e. The van der Waals surface area contributed by atoms with Gasteiger partial charge in [0.2, 0.25) is 5.91 Å². The Labute approximate surface area is 159 Å². The second kappa shape index (κ2) is 7.32. The van der Waals surface area contributed by atoms with E-state index >= 15 is 0 Å². The number of aromatic nitrogens is 3. The fraction of sp³-hybridized carbons (Fsp3) is 0.188. The largest absolute Gasteiger partial charge is 0.417 e. The predicted molar refractivity (Wildman–Crippen MR) is 90.0 cm³/mol. The number of halogens is 6. The van der Waals surface area contributed by atoms with Crippen LogP contribution in [0.25, 0.3) is 5.65 Å². The fourth-order valence-corrected chi connectivity index (χ4v) is 2.85. The lowest BCUT2D eigenvalue weighted by Gasteiger charge is -2.09. The monoisotopic (exact) mass is 420 g/mol. The number of nitrogens with zero attached hydrogens (tertiary/aromatic N) is 3. The van der Waals surface area contributed by atoms with Crippen LogP contribution in [0.1, 0.15) is 17.0 Å². The maximum atomic E-state index is 13.7. The van der Waals surface area contributed by atoms with Gasteiger partial charge in [-0.1, -0.05) is 29.3 Å². The summed E-state index contributed by atoms with van der Waals surface area (Å²) in [5.41, 5.74) is -0.943. The Balaban J connectivity index is 1.79. The molecule has 0 atom stereocenters. The number of pyridine rings is 1. The van der Waals surface area contributed by atoms with Gasteiger partial charge in [-0.3, -0.25) is 9.20 Å². The highest BCUT2D eigenvalue weighted by Crippen LogP contribution is 2.32. The number of alkyl halides is 3. The summed E-state index contributed by atoms with van der Waals surface area (Å²) in [6.45, 7) is -0.232. The second-order valence-electron chi connectivity index (χ2n) is 5.54. The molecule has 0 fully saturated rings. The summed E-state index contributed by atoms with van der Waals surface area (Å²) in [4.78, 5) is 12.0. The normalized spacial score (nSPS) is 11.8. The van der Waals surface area contributed by atoms with Gasteiger partial charge in [0, 0.05) is 16.8 Å². The number of rotatable bonds is 4. The molecule has 0 aliphatic rings. The van der Waals surface area contributed by atoms with Crippen molar-refractivity contribution in [3.63, 3.8) is 0 Å². The number of fused-ring (bicyclic) bond motifs is 1. The summed E-state index contributed by atoms with van der Waals surface area (Å²) in [6, 6.07) is 4.76. The van der Waals surface area contributed by atoms with Crippen molar-refractivity contribution in [1.82, 2.24) is 19.9 Å². The van der Waals surface area contributed by atoms with Crippen molar-refractivity contribution in [1.29, 1.82) is 0 Å². The molecule has 2 aromatic heterocycles. The number of benzene rings is 1. The van der Waals surface area contributed by atoms with Crippen molar-refractivity contribution in [2.45, 2.75) is 19.1 Å². The van der Waals surface area contributed by atoms with Gasteiger partial charge in [-0.25, -0.2) is 4.39 Å². The van der Waals surface area contributed by atoms with Crippen LogP contribution in [0, 0.1) is 5.82 Å². The van der Waals surface area contributed by atoms with E-state index in [9.17, 15) is 22.4 Å². The van der Waals surface area contributed by atoms with E-state index in [0.717, 1.165) is 16.7 Å². The number of hydrogen-bond acceptors (Lipinski definition) is 3. The zero-order chi connectivity index (χ0) is 19.8. The minimum atomic E-state index is -4.61. The van der Waals surface area contributed by atoms with E-state index in [-0.39, 0.29) is 40.0 Å². The van der Waals surface area contributed by atoms with Crippen LogP contribution >= 0.6 is 23.2 Å². The Morgan fingerprint density at radius 1 is 1.19 bits per heavy atom. The first-order valence-electron chi connectivity index (χ1n) is 7.46. The molecular weight excluding hydrogens is 411 g/mol. The topological polar surface area (TPSA) is 59.3 Å². The van der Waals surface area contributed by atoms with Crippen molar-refractivity contribution >= 4 is 34.8 Å². The highest BCUT2D eigenvalue weighted by atomic mass is 35.5. The molecule has 2 heterocycles. The van der Waals surface area contributed by atoms with Crippen LogP contribution in [0.4, 0.5) is 17.6 Å². The molecule has 0 bridgehead atoms. The molecule has 0 spiro atoms. The maximum absolute atomic E-state index is 13.7. The SMILES string of the molecule is O=C(Cc1c(F)cccc1Cl)NCc1nnc2c(Cl)cc(C(F)(F)F)cn12. The molecule has 1 N–H and O–H groups in total. The molecule has 3 rings (SSSR count). The summed E-state index contributed by atoms with van der Waals surface area (Å²) in [7, 11) is 0. The van der Waals surface area contributed by atoms with E-state index in [1.165, 1.54) is 18.2 Å². The van der Waals surface area contributed by atoms with Crippen LogP contribution in [0.3, 0.4) is 0 Å². The third-order valence-corrected chi connectivity index (χ3v) is 4.33. The number of amides is 1. The molecular formula is C16H10Cl2F4N4O. The van der Waals surface area contributed by atoms with Gasteiger partial charge >= 0.3 is 6.18 Å². The van der Waals surface area contributed by atoms with Crippen molar-refractivity contribution in [3.8, 4) is 0 Å². The van der Waals surface area contributed by atoms with Crippen LogP contribution in [-0.4, -0.2) is 20.5 Å². The lowest BCUT2D eigenvalue weighted by Crippen LogP contribution is -2.26. The van der Waals surface area contributed by atoms with Gasteiger partial charge in [0.05, 0.1) is 23.6 Å². The molecule has 0 radical (unpaired) electrons. The van der Waals surface area contributed by atoms with Crippen LogP contribution in [0.5, 0.6) is 0 Å². The van der Waals surface area contributed by atoms with Crippen LogP contribution < -0.4 is 5.32 Å². The smallest absolute Gasteiger partial charge is 0.348 e. The first-order valence-corrected chi connectivity index (χ1v) is 8.22. The van der Waals surface area contributed by atoms with Gasteiger partial charge in [0.1, 0.15) is 5.82 Å². The van der Waals surface area contributed by atoms with Gasteiger partial charge in [0.15, 0.2) is 11.5 Å². The Kier molecular flexibility index (Phi) is 5.25. The molecule has 142 valence electrons. The standard InChI is InChI=1S/C16H10Cl2F4N4O/c17-10-2-1-3-12(19)9(10)5-14(27)23-6-13-24-25-15-11(18)4-8(7-26(13)15)16(20,21)22/h1-4,7H,5-6H2,(H,23,27). The molecule has 0 aliphatic heterocycles. The number of nitrogens with one attached hydrogen (secondary N) is 1. The fourth-order valence-electron chi connectivity index (χ4n) is 2.38. The molecule has 1 amide bonds. The first kappa shape index (κ1) is 19.4. The summed E-state index contributed by atoms with van der Waals surface area (Å²) >= 11 is 11.7. The van der Waals surface area contributed by atoms with Gasteiger partial charge < -0.3 is 5.32 Å². The van der Waals surface area contributed by atoms with Crippen LogP contribution in [0.15, 0.2) is 30.5 Å². The number of hydrogen-bond donors (Lipinski definition) is 1. The molecule has 0 aliphatic carbocycles. The number of carbonyl (C=O) groups is 1. The first-order chi connectivity index (χ1) is 12.7.